The Balaban J connectivity index is -0.000000605. The second-order valence-corrected chi connectivity index (χ2v) is 4.70. The van der Waals surface area contributed by atoms with E-state index in [4.69, 9.17) is 9.47 Å². The average Bonchev–Trinajstić information content (AvgIpc) is 2.04. The van der Waals surface area contributed by atoms with Crippen LogP contribution in [0.25, 0.3) is 0 Å². The Hall–Kier alpha value is -0.130. The predicted octanol–water partition coefficient (Wildman–Crippen LogP) is 1.70. The van der Waals surface area contributed by atoms with Crippen LogP contribution in [0.3, 0.4) is 0 Å². The largest absolute Gasteiger partial charge is 0.385 e. The van der Waals surface area contributed by atoms with Gasteiger partial charge in [-0.25, -0.2) is 8.42 Å². The first kappa shape index (κ1) is 19.4. The van der Waals surface area contributed by atoms with Crippen molar-refractivity contribution in [2.45, 2.75) is 28.2 Å². The van der Waals surface area contributed by atoms with Crippen molar-refractivity contribution in [3.63, 3.8) is 0 Å². The van der Waals surface area contributed by atoms with Crippen molar-refractivity contribution < 1.29 is 17.9 Å². The maximum absolute atomic E-state index is 10.9. The van der Waals surface area contributed by atoms with Crippen LogP contribution in [0.5, 0.6) is 0 Å². The van der Waals surface area contributed by atoms with Crippen LogP contribution >= 0.6 is 0 Å². The highest BCUT2D eigenvalue weighted by molar-refractivity contribution is 7.91. The molecule has 5 heteroatoms. The molecule has 0 aromatic rings. The highest BCUT2D eigenvalue weighted by atomic mass is 32.2. The summed E-state index contributed by atoms with van der Waals surface area (Å²) < 4.78 is 31.4. The van der Waals surface area contributed by atoms with Gasteiger partial charge in [-0.1, -0.05) is 21.8 Å². The minimum atomic E-state index is -2.97. The summed E-state index contributed by atoms with van der Waals surface area (Å²) in [4.78, 5) is 0. The molecule has 0 aromatic heterocycles. The molecule has 0 fully saturated rings. The molecular formula is C9H24O4S. The molecule has 0 bridgehead atoms. The number of rotatable bonds is 7. The molecule has 0 N–H and O–H groups in total. The summed E-state index contributed by atoms with van der Waals surface area (Å²) in [6, 6.07) is 0. The number of ether oxygens (including phenoxy) is 2. The molecule has 0 rings (SSSR count). The van der Waals surface area contributed by atoms with Crippen LogP contribution in [0, 0.1) is 0 Å². The summed E-state index contributed by atoms with van der Waals surface area (Å²) in [5.41, 5.74) is 0. The first-order chi connectivity index (χ1) is 5.62. The molecule has 0 saturated carbocycles. The number of hydrogen-bond donors (Lipinski definition) is 0. The van der Waals surface area contributed by atoms with Gasteiger partial charge >= 0.3 is 0 Å². The molecule has 0 amide bonds. The molecule has 0 heterocycles. The smallest absolute Gasteiger partial charge is 0.173 e. The quantitative estimate of drug-likeness (QED) is 0.622. The fraction of sp³-hybridized carbons (Fsp3) is 1.00. The minimum absolute atomic E-state index is 0. The fourth-order valence-corrected chi connectivity index (χ4v) is 1.11. The fourth-order valence-electron chi connectivity index (χ4n) is 0.575. The van der Waals surface area contributed by atoms with E-state index in [-0.39, 0.29) is 26.5 Å². The van der Waals surface area contributed by atoms with Crippen molar-refractivity contribution in [3.05, 3.63) is 0 Å². The zero-order valence-corrected chi connectivity index (χ0v) is 8.39. The molecule has 0 spiro atoms. The summed E-state index contributed by atoms with van der Waals surface area (Å²) >= 11 is 0. The third kappa shape index (κ3) is 11.9. The second-order valence-electron chi connectivity index (χ2n) is 2.40. The van der Waals surface area contributed by atoms with E-state index in [2.05, 4.69) is 0 Å². The highest BCUT2D eigenvalue weighted by Gasteiger charge is 2.05. The minimum Gasteiger partial charge on any atom is -0.385 e. The van der Waals surface area contributed by atoms with Gasteiger partial charge in [0.05, 0.1) is 6.61 Å². The van der Waals surface area contributed by atoms with E-state index in [1.54, 1.807) is 14.0 Å². The average molecular weight is 228 g/mol. The van der Waals surface area contributed by atoms with Gasteiger partial charge in [-0.3, -0.25) is 0 Å². The van der Waals surface area contributed by atoms with E-state index in [1.165, 1.54) is 0 Å². The predicted molar refractivity (Wildman–Crippen MR) is 60.2 cm³/mol. The van der Waals surface area contributed by atoms with E-state index in [9.17, 15) is 8.42 Å². The second kappa shape index (κ2) is 10.9. The summed E-state index contributed by atoms with van der Waals surface area (Å²) in [5.74, 6) is -0.0372. The number of hydrogen-bond acceptors (Lipinski definition) is 4. The van der Waals surface area contributed by atoms with E-state index in [0.29, 0.717) is 13.2 Å². The third-order valence-corrected chi connectivity index (χ3v) is 2.75. The highest BCUT2D eigenvalue weighted by Crippen LogP contribution is 1.91. The van der Waals surface area contributed by atoms with Gasteiger partial charge < -0.3 is 9.47 Å². The standard InChI is InChI=1S/C7H16O4S.2CH4/c1-3-12(8,9)7-11-6-4-5-10-2;;/h3-7H2,1-2H3;2*1H4. The van der Waals surface area contributed by atoms with Crippen LogP contribution in [-0.2, 0) is 19.3 Å². The maximum atomic E-state index is 10.9. The summed E-state index contributed by atoms with van der Waals surface area (Å²) in [7, 11) is -1.37. The van der Waals surface area contributed by atoms with Gasteiger partial charge in [0.15, 0.2) is 9.84 Å². The first-order valence-corrected chi connectivity index (χ1v) is 5.71. The Morgan fingerprint density at radius 3 is 2.14 bits per heavy atom. The lowest BCUT2D eigenvalue weighted by molar-refractivity contribution is 0.128. The number of sulfone groups is 1. The SMILES string of the molecule is C.C.CCS(=O)(=O)COCCCOC. The first-order valence-electron chi connectivity index (χ1n) is 3.89. The molecule has 0 aliphatic carbocycles. The topological polar surface area (TPSA) is 52.6 Å². The molecule has 14 heavy (non-hydrogen) atoms. The molecule has 0 unspecified atom stereocenters. The Bertz CT molecular complexity index is 187. The Morgan fingerprint density at radius 1 is 1.14 bits per heavy atom. The molecule has 0 atom stereocenters. The Labute approximate surface area is 88.5 Å². The molecule has 0 aliphatic rings. The Morgan fingerprint density at radius 2 is 1.71 bits per heavy atom. The molecule has 0 radical (unpaired) electrons. The lowest BCUT2D eigenvalue weighted by atomic mass is 10.5. The van der Waals surface area contributed by atoms with Crippen molar-refractivity contribution in [3.8, 4) is 0 Å². The zero-order chi connectivity index (χ0) is 9.45. The Kier molecular flexibility index (Phi) is 15.2. The van der Waals surface area contributed by atoms with Gasteiger partial charge in [-0.15, -0.1) is 0 Å². The van der Waals surface area contributed by atoms with Gasteiger partial charge in [-0.2, -0.15) is 0 Å². The molecule has 0 aliphatic heterocycles. The van der Waals surface area contributed by atoms with Crippen molar-refractivity contribution in [2.24, 2.45) is 0 Å². The van der Waals surface area contributed by atoms with E-state index >= 15 is 0 Å². The van der Waals surface area contributed by atoms with Crippen molar-refractivity contribution >= 4 is 9.84 Å². The van der Waals surface area contributed by atoms with Gasteiger partial charge in [0, 0.05) is 19.5 Å². The normalized spacial score (nSPS) is 10.1. The van der Waals surface area contributed by atoms with Gasteiger partial charge in [0.25, 0.3) is 0 Å². The van der Waals surface area contributed by atoms with Crippen LogP contribution in [0.15, 0.2) is 0 Å². The monoisotopic (exact) mass is 228 g/mol. The molecular weight excluding hydrogens is 204 g/mol. The van der Waals surface area contributed by atoms with Crippen LogP contribution < -0.4 is 0 Å². The van der Waals surface area contributed by atoms with Crippen molar-refractivity contribution in [1.29, 1.82) is 0 Å². The van der Waals surface area contributed by atoms with Crippen molar-refractivity contribution in [2.75, 3.05) is 32.0 Å². The summed E-state index contributed by atoms with van der Waals surface area (Å²) in [5, 5.41) is 0. The van der Waals surface area contributed by atoms with Crippen LogP contribution in [0.1, 0.15) is 28.2 Å². The van der Waals surface area contributed by atoms with Gasteiger partial charge in [-0.05, 0) is 6.42 Å². The van der Waals surface area contributed by atoms with Crippen LogP contribution in [-0.4, -0.2) is 40.4 Å². The zero-order valence-electron chi connectivity index (χ0n) is 7.58. The summed E-state index contributed by atoms with van der Waals surface area (Å²) in [6.45, 7) is 2.65. The molecule has 0 saturated heterocycles. The van der Waals surface area contributed by atoms with Gasteiger partial charge in [0.1, 0.15) is 5.94 Å². The van der Waals surface area contributed by atoms with Crippen LogP contribution in [0.2, 0.25) is 0 Å². The maximum Gasteiger partial charge on any atom is 0.173 e. The summed E-state index contributed by atoms with van der Waals surface area (Å²) in [6.07, 6.45) is 0.732. The van der Waals surface area contributed by atoms with Crippen molar-refractivity contribution in [1.82, 2.24) is 0 Å². The third-order valence-electron chi connectivity index (χ3n) is 1.34. The number of methoxy groups -OCH3 is 1. The van der Waals surface area contributed by atoms with E-state index < -0.39 is 9.84 Å². The van der Waals surface area contributed by atoms with Gasteiger partial charge in [0.2, 0.25) is 0 Å². The van der Waals surface area contributed by atoms with E-state index in [0.717, 1.165) is 6.42 Å². The lowest BCUT2D eigenvalue weighted by Crippen LogP contribution is -2.12. The van der Waals surface area contributed by atoms with E-state index in [1.807, 2.05) is 0 Å². The van der Waals surface area contributed by atoms with Crippen LogP contribution in [0.4, 0.5) is 0 Å². The molecule has 0 aromatic carbocycles. The molecule has 4 nitrogen and oxygen atoms in total. The lowest BCUT2D eigenvalue weighted by Gasteiger charge is -2.02. The molecule has 90 valence electrons.